The Morgan fingerprint density at radius 2 is 1.61 bits per heavy atom. The SMILES string of the molecule is Oc1c2c(c(O)n1-c1ccc(Br)c(C(F)(F)F)c1)[C@H]1C=C[C@@H]2C1. The van der Waals surface area contributed by atoms with Crippen LogP contribution in [0.2, 0.25) is 0 Å². The molecule has 0 spiro atoms. The summed E-state index contributed by atoms with van der Waals surface area (Å²) in [4.78, 5) is 0. The summed E-state index contributed by atoms with van der Waals surface area (Å²) < 4.78 is 40.2. The molecule has 2 atom stereocenters. The third-order valence-electron chi connectivity index (χ3n) is 4.53. The van der Waals surface area contributed by atoms with E-state index in [1.807, 2.05) is 12.2 Å². The maximum atomic E-state index is 13.1. The zero-order valence-corrected chi connectivity index (χ0v) is 13.2. The number of alkyl halides is 3. The Bertz CT molecular complexity index is 818. The van der Waals surface area contributed by atoms with Gasteiger partial charge in [-0.25, -0.2) is 0 Å². The van der Waals surface area contributed by atoms with Crippen LogP contribution >= 0.6 is 15.9 Å². The van der Waals surface area contributed by atoms with E-state index >= 15 is 0 Å². The van der Waals surface area contributed by atoms with Crippen molar-refractivity contribution < 1.29 is 23.4 Å². The first-order chi connectivity index (χ1) is 10.8. The lowest BCUT2D eigenvalue weighted by Gasteiger charge is -2.14. The first kappa shape index (κ1) is 14.7. The standard InChI is InChI=1S/C16H11BrF3NO2/c17-11-4-3-9(6-10(11)16(18,19)20)21-14(22)12-7-1-2-8(5-7)13(12)15(21)23/h1-4,6-8,22-23H,5H2/t7-,8+. The Kier molecular flexibility index (Phi) is 2.91. The molecule has 2 bridgehead atoms. The van der Waals surface area contributed by atoms with E-state index in [1.165, 1.54) is 12.1 Å². The zero-order valence-electron chi connectivity index (χ0n) is 11.6. The van der Waals surface area contributed by atoms with E-state index < -0.39 is 11.7 Å². The molecule has 23 heavy (non-hydrogen) atoms. The molecule has 4 rings (SSSR count). The van der Waals surface area contributed by atoms with Crippen molar-refractivity contribution in [2.75, 3.05) is 0 Å². The van der Waals surface area contributed by atoms with Gasteiger partial charge in [-0.3, -0.25) is 4.57 Å². The summed E-state index contributed by atoms with van der Waals surface area (Å²) in [5.41, 5.74) is 0.450. The Morgan fingerprint density at radius 1 is 1.04 bits per heavy atom. The van der Waals surface area contributed by atoms with E-state index in [0.717, 1.165) is 17.1 Å². The van der Waals surface area contributed by atoms with Crippen molar-refractivity contribution in [1.82, 2.24) is 4.57 Å². The van der Waals surface area contributed by atoms with Gasteiger partial charge in [0.15, 0.2) is 0 Å². The van der Waals surface area contributed by atoms with Crippen molar-refractivity contribution in [3.05, 3.63) is 51.5 Å². The minimum atomic E-state index is -4.53. The Morgan fingerprint density at radius 3 is 2.13 bits per heavy atom. The maximum Gasteiger partial charge on any atom is 0.417 e. The molecule has 120 valence electrons. The van der Waals surface area contributed by atoms with Gasteiger partial charge in [-0.15, -0.1) is 0 Å². The number of aromatic hydroxyl groups is 2. The fourth-order valence-electron chi connectivity index (χ4n) is 3.55. The van der Waals surface area contributed by atoms with E-state index in [9.17, 15) is 23.4 Å². The van der Waals surface area contributed by atoms with Crippen molar-refractivity contribution in [2.24, 2.45) is 0 Å². The molecule has 0 saturated carbocycles. The summed E-state index contributed by atoms with van der Waals surface area (Å²) in [7, 11) is 0. The van der Waals surface area contributed by atoms with Gasteiger partial charge in [0, 0.05) is 27.4 Å². The quantitative estimate of drug-likeness (QED) is 0.691. The summed E-state index contributed by atoms with van der Waals surface area (Å²) in [6.07, 6.45) is 0.176. The van der Waals surface area contributed by atoms with Crippen LogP contribution in [-0.2, 0) is 6.18 Å². The lowest BCUT2D eigenvalue weighted by Crippen LogP contribution is -2.07. The number of halogens is 4. The summed E-state index contributed by atoms with van der Waals surface area (Å²) in [6, 6.07) is 3.59. The zero-order chi connectivity index (χ0) is 16.5. The molecule has 0 radical (unpaired) electrons. The second-order valence-electron chi connectivity index (χ2n) is 5.81. The topological polar surface area (TPSA) is 45.4 Å². The molecule has 2 aromatic rings. The molecule has 3 nitrogen and oxygen atoms in total. The first-order valence-corrected chi connectivity index (χ1v) is 7.80. The summed E-state index contributed by atoms with van der Waals surface area (Å²) in [5.74, 6) is -0.353. The number of rotatable bonds is 1. The van der Waals surface area contributed by atoms with Crippen molar-refractivity contribution >= 4 is 15.9 Å². The number of hydrogen-bond acceptors (Lipinski definition) is 2. The average molecular weight is 386 g/mol. The Labute approximate surface area is 137 Å². The maximum absolute atomic E-state index is 13.1. The normalized spacial score (nSPS) is 21.9. The predicted octanol–water partition coefficient (Wildman–Crippen LogP) is 4.81. The molecule has 2 aliphatic carbocycles. The van der Waals surface area contributed by atoms with Gasteiger partial charge in [0.2, 0.25) is 11.8 Å². The molecule has 0 fully saturated rings. The number of nitrogens with zero attached hydrogens (tertiary/aromatic N) is 1. The summed E-state index contributed by atoms with van der Waals surface area (Å²) in [5, 5.41) is 20.9. The van der Waals surface area contributed by atoms with Crippen molar-refractivity contribution in [1.29, 1.82) is 0 Å². The van der Waals surface area contributed by atoms with Gasteiger partial charge >= 0.3 is 6.18 Å². The van der Waals surface area contributed by atoms with E-state index in [2.05, 4.69) is 15.9 Å². The molecule has 0 unspecified atom stereocenters. The van der Waals surface area contributed by atoms with Crippen LogP contribution in [0.1, 0.15) is 34.9 Å². The van der Waals surface area contributed by atoms with E-state index in [0.29, 0.717) is 11.1 Å². The molecule has 0 saturated heterocycles. The smallest absolute Gasteiger partial charge is 0.417 e. The van der Waals surface area contributed by atoms with Crippen LogP contribution in [0.4, 0.5) is 13.2 Å². The van der Waals surface area contributed by atoms with Crippen molar-refractivity contribution in [3.8, 4) is 17.4 Å². The van der Waals surface area contributed by atoms with Gasteiger partial charge in [-0.05, 0) is 24.6 Å². The van der Waals surface area contributed by atoms with Crippen molar-refractivity contribution in [2.45, 2.75) is 24.4 Å². The summed E-state index contributed by atoms with van der Waals surface area (Å²) in [6.45, 7) is 0. The van der Waals surface area contributed by atoms with E-state index in [1.54, 1.807) is 0 Å². The monoisotopic (exact) mass is 385 g/mol. The first-order valence-electron chi connectivity index (χ1n) is 7.01. The molecule has 1 aromatic carbocycles. The molecule has 0 amide bonds. The third kappa shape index (κ3) is 1.95. The van der Waals surface area contributed by atoms with Gasteiger partial charge in [-0.1, -0.05) is 28.1 Å². The number of hydrogen-bond donors (Lipinski definition) is 2. The van der Waals surface area contributed by atoms with E-state index in [-0.39, 0.29) is 33.8 Å². The highest BCUT2D eigenvalue weighted by atomic mass is 79.9. The molecule has 2 N–H and O–H groups in total. The largest absolute Gasteiger partial charge is 0.494 e. The summed E-state index contributed by atoms with van der Waals surface area (Å²) >= 11 is 2.89. The minimum Gasteiger partial charge on any atom is -0.494 e. The predicted molar refractivity (Wildman–Crippen MR) is 81.0 cm³/mol. The lowest BCUT2D eigenvalue weighted by atomic mass is 10.0. The number of allylic oxidation sites excluding steroid dienone is 2. The average Bonchev–Trinajstić information content (AvgIpc) is 3.13. The molecule has 1 heterocycles. The second kappa shape index (κ2) is 4.56. The van der Waals surface area contributed by atoms with Crippen LogP contribution in [0.5, 0.6) is 11.8 Å². The van der Waals surface area contributed by atoms with Crippen LogP contribution in [0.15, 0.2) is 34.8 Å². The second-order valence-corrected chi connectivity index (χ2v) is 6.66. The van der Waals surface area contributed by atoms with Crippen LogP contribution in [0.25, 0.3) is 5.69 Å². The van der Waals surface area contributed by atoms with Crippen molar-refractivity contribution in [3.63, 3.8) is 0 Å². The van der Waals surface area contributed by atoms with Crippen LogP contribution in [0.3, 0.4) is 0 Å². The fraction of sp³-hybridized carbons (Fsp3) is 0.250. The highest BCUT2D eigenvalue weighted by molar-refractivity contribution is 9.10. The molecule has 1 aromatic heterocycles. The van der Waals surface area contributed by atoms with Crippen LogP contribution in [-0.4, -0.2) is 14.8 Å². The molecular formula is C16H11BrF3NO2. The molecule has 2 aliphatic rings. The number of aromatic nitrogens is 1. The van der Waals surface area contributed by atoms with Crippen LogP contribution in [0, 0.1) is 0 Å². The Balaban J connectivity index is 1.91. The third-order valence-corrected chi connectivity index (χ3v) is 5.23. The molecular weight excluding hydrogens is 375 g/mol. The van der Waals surface area contributed by atoms with Gasteiger partial charge in [0.05, 0.1) is 11.3 Å². The van der Waals surface area contributed by atoms with Gasteiger partial charge in [0.1, 0.15) is 0 Å². The van der Waals surface area contributed by atoms with Gasteiger partial charge in [-0.2, -0.15) is 13.2 Å². The molecule has 7 heteroatoms. The fourth-order valence-corrected chi connectivity index (χ4v) is 4.03. The van der Waals surface area contributed by atoms with Gasteiger partial charge < -0.3 is 10.2 Å². The minimum absolute atomic E-state index is 0.0136. The highest BCUT2D eigenvalue weighted by Gasteiger charge is 2.41. The number of fused-ring (bicyclic) bond motifs is 5. The van der Waals surface area contributed by atoms with Crippen LogP contribution < -0.4 is 0 Å². The highest BCUT2D eigenvalue weighted by Crippen LogP contribution is 2.57. The van der Waals surface area contributed by atoms with E-state index in [4.69, 9.17) is 0 Å². The molecule has 0 aliphatic heterocycles. The number of benzene rings is 1. The lowest BCUT2D eigenvalue weighted by molar-refractivity contribution is -0.138. The Hall–Kier alpha value is -1.89. The van der Waals surface area contributed by atoms with Gasteiger partial charge in [0.25, 0.3) is 0 Å².